The van der Waals surface area contributed by atoms with E-state index >= 15 is 0 Å². The van der Waals surface area contributed by atoms with Crippen LogP contribution < -0.4 is 4.90 Å². The third-order valence-corrected chi connectivity index (χ3v) is 3.06. The van der Waals surface area contributed by atoms with Gasteiger partial charge in [0.05, 0.1) is 5.56 Å². The highest BCUT2D eigenvalue weighted by Gasteiger charge is 2.32. The zero-order chi connectivity index (χ0) is 12.4. The third kappa shape index (κ3) is 1.94. The van der Waals surface area contributed by atoms with Crippen LogP contribution in [0, 0.1) is 18.3 Å². The Balaban J connectivity index is 2.44. The van der Waals surface area contributed by atoms with Gasteiger partial charge in [-0.1, -0.05) is 0 Å². The van der Waals surface area contributed by atoms with E-state index < -0.39 is 12.0 Å². The lowest BCUT2D eigenvalue weighted by molar-refractivity contribution is -0.138. The zero-order valence-electron chi connectivity index (χ0n) is 9.55. The molecule has 17 heavy (non-hydrogen) atoms. The SMILES string of the molecule is Cc1ccnc(N2CCC[C@@H]2C(=O)O)c1C#N. The third-order valence-electron chi connectivity index (χ3n) is 3.06. The Morgan fingerprint density at radius 1 is 1.71 bits per heavy atom. The van der Waals surface area contributed by atoms with E-state index in [1.807, 2.05) is 6.92 Å². The molecular formula is C12H13N3O2. The quantitative estimate of drug-likeness (QED) is 0.830. The summed E-state index contributed by atoms with van der Waals surface area (Å²) in [7, 11) is 0. The number of hydrogen-bond acceptors (Lipinski definition) is 4. The first-order valence-corrected chi connectivity index (χ1v) is 5.50. The van der Waals surface area contributed by atoms with E-state index in [1.54, 1.807) is 17.2 Å². The number of nitriles is 1. The molecule has 0 aromatic carbocycles. The maximum atomic E-state index is 11.1. The summed E-state index contributed by atoms with van der Waals surface area (Å²) in [5.41, 5.74) is 1.30. The van der Waals surface area contributed by atoms with Crippen LogP contribution in [0.3, 0.4) is 0 Å². The van der Waals surface area contributed by atoms with Crippen molar-refractivity contribution in [3.05, 3.63) is 23.4 Å². The van der Waals surface area contributed by atoms with Crippen molar-refractivity contribution in [2.75, 3.05) is 11.4 Å². The minimum Gasteiger partial charge on any atom is -0.480 e. The van der Waals surface area contributed by atoms with Gasteiger partial charge in [0, 0.05) is 12.7 Å². The molecule has 0 aliphatic carbocycles. The van der Waals surface area contributed by atoms with Crippen LogP contribution in [-0.2, 0) is 4.79 Å². The van der Waals surface area contributed by atoms with E-state index in [0.717, 1.165) is 12.0 Å². The van der Waals surface area contributed by atoms with Gasteiger partial charge in [-0.25, -0.2) is 9.78 Å². The fraction of sp³-hybridized carbons (Fsp3) is 0.417. The smallest absolute Gasteiger partial charge is 0.326 e. The summed E-state index contributed by atoms with van der Waals surface area (Å²) in [6.07, 6.45) is 3.04. The average molecular weight is 231 g/mol. The van der Waals surface area contributed by atoms with Crippen molar-refractivity contribution in [3.63, 3.8) is 0 Å². The number of aryl methyl sites for hydroxylation is 1. The molecule has 2 rings (SSSR count). The number of rotatable bonds is 2. The predicted molar refractivity (Wildman–Crippen MR) is 61.7 cm³/mol. The highest BCUT2D eigenvalue weighted by molar-refractivity contribution is 5.79. The van der Waals surface area contributed by atoms with Gasteiger partial charge in [-0.05, 0) is 31.4 Å². The minimum absolute atomic E-state index is 0.473. The number of aromatic nitrogens is 1. The van der Waals surface area contributed by atoms with Crippen LogP contribution in [0.5, 0.6) is 0 Å². The van der Waals surface area contributed by atoms with Gasteiger partial charge in [0.25, 0.3) is 0 Å². The average Bonchev–Trinajstić information content (AvgIpc) is 2.77. The molecule has 1 aromatic rings. The van der Waals surface area contributed by atoms with E-state index in [-0.39, 0.29) is 0 Å². The van der Waals surface area contributed by atoms with E-state index in [0.29, 0.717) is 24.3 Å². The standard InChI is InChI=1S/C12H13N3O2/c1-8-4-5-14-11(9(8)7-13)15-6-2-3-10(15)12(16)17/h4-5,10H,2-3,6H2,1H3,(H,16,17)/t10-/m1/s1. The molecule has 5 nitrogen and oxygen atoms in total. The number of pyridine rings is 1. The largest absolute Gasteiger partial charge is 0.480 e. The summed E-state index contributed by atoms with van der Waals surface area (Å²) in [6, 6.07) is 3.30. The van der Waals surface area contributed by atoms with Gasteiger partial charge < -0.3 is 10.0 Å². The van der Waals surface area contributed by atoms with Crippen LogP contribution in [0.2, 0.25) is 0 Å². The number of carbonyl (C=O) groups is 1. The molecule has 1 saturated heterocycles. The molecule has 0 spiro atoms. The van der Waals surface area contributed by atoms with Crippen molar-refractivity contribution < 1.29 is 9.90 Å². The Kier molecular flexibility index (Phi) is 2.96. The molecule has 1 aromatic heterocycles. The highest BCUT2D eigenvalue weighted by Crippen LogP contribution is 2.27. The Morgan fingerprint density at radius 3 is 3.12 bits per heavy atom. The molecule has 0 saturated carbocycles. The van der Waals surface area contributed by atoms with Crippen LogP contribution >= 0.6 is 0 Å². The van der Waals surface area contributed by atoms with E-state index in [9.17, 15) is 4.79 Å². The fourth-order valence-corrected chi connectivity index (χ4v) is 2.18. The Hall–Kier alpha value is -2.09. The van der Waals surface area contributed by atoms with Gasteiger partial charge >= 0.3 is 5.97 Å². The predicted octanol–water partition coefficient (Wildman–Crippen LogP) is 1.32. The monoisotopic (exact) mass is 231 g/mol. The normalized spacial score (nSPS) is 19.1. The van der Waals surface area contributed by atoms with Crippen LogP contribution in [0.4, 0.5) is 5.82 Å². The lowest BCUT2D eigenvalue weighted by Crippen LogP contribution is -2.37. The van der Waals surface area contributed by atoms with Crippen molar-refractivity contribution in [2.45, 2.75) is 25.8 Å². The van der Waals surface area contributed by atoms with Gasteiger partial charge in [0.1, 0.15) is 17.9 Å². The first-order valence-electron chi connectivity index (χ1n) is 5.50. The lowest BCUT2D eigenvalue weighted by atomic mass is 10.1. The molecule has 2 heterocycles. The van der Waals surface area contributed by atoms with E-state index in [4.69, 9.17) is 10.4 Å². The van der Waals surface area contributed by atoms with Crippen LogP contribution in [0.1, 0.15) is 24.0 Å². The number of nitrogens with zero attached hydrogens (tertiary/aromatic N) is 3. The summed E-state index contributed by atoms with van der Waals surface area (Å²) < 4.78 is 0. The molecular weight excluding hydrogens is 218 g/mol. The first-order chi connectivity index (χ1) is 8.15. The van der Waals surface area contributed by atoms with Gasteiger partial charge in [-0.15, -0.1) is 0 Å². The van der Waals surface area contributed by atoms with Crippen molar-refractivity contribution in [1.82, 2.24) is 4.98 Å². The Labute approximate surface area is 99.3 Å². The van der Waals surface area contributed by atoms with Crippen LogP contribution in [0.25, 0.3) is 0 Å². The fourth-order valence-electron chi connectivity index (χ4n) is 2.18. The van der Waals surface area contributed by atoms with Crippen LogP contribution in [0.15, 0.2) is 12.3 Å². The van der Waals surface area contributed by atoms with E-state index in [2.05, 4.69) is 11.1 Å². The summed E-state index contributed by atoms with van der Waals surface area (Å²) in [5, 5.41) is 18.2. The van der Waals surface area contributed by atoms with Crippen molar-refractivity contribution in [1.29, 1.82) is 5.26 Å². The number of carboxylic acid groups (broad SMARTS) is 1. The Bertz CT molecular complexity index is 493. The van der Waals surface area contributed by atoms with Crippen molar-refractivity contribution in [2.24, 2.45) is 0 Å². The molecule has 0 amide bonds. The molecule has 1 aliphatic heterocycles. The molecule has 88 valence electrons. The summed E-state index contributed by atoms with van der Waals surface area (Å²) >= 11 is 0. The maximum Gasteiger partial charge on any atom is 0.326 e. The van der Waals surface area contributed by atoms with Crippen molar-refractivity contribution >= 4 is 11.8 Å². The topological polar surface area (TPSA) is 77.2 Å². The molecule has 5 heteroatoms. The molecule has 0 bridgehead atoms. The van der Waals surface area contributed by atoms with E-state index in [1.165, 1.54) is 0 Å². The molecule has 1 aliphatic rings. The van der Waals surface area contributed by atoms with Gasteiger partial charge in [-0.3, -0.25) is 0 Å². The lowest BCUT2D eigenvalue weighted by Gasteiger charge is -2.23. The zero-order valence-corrected chi connectivity index (χ0v) is 9.55. The number of aliphatic carboxylic acids is 1. The molecule has 0 radical (unpaired) electrons. The number of hydrogen-bond donors (Lipinski definition) is 1. The van der Waals surface area contributed by atoms with Crippen molar-refractivity contribution in [3.8, 4) is 6.07 Å². The first kappa shape index (κ1) is 11.4. The summed E-state index contributed by atoms with van der Waals surface area (Å²) in [5.74, 6) is -0.355. The van der Waals surface area contributed by atoms with Gasteiger partial charge in [-0.2, -0.15) is 5.26 Å². The molecule has 1 N–H and O–H groups in total. The Morgan fingerprint density at radius 2 is 2.47 bits per heavy atom. The minimum atomic E-state index is -0.852. The molecule has 1 atom stereocenters. The maximum absolute atomic E-state index is 11.1. The molecule has 1 fully saturated rings. The highest BCUT2D eigenvalue weighted by atomic mass is 16.4. The number of anilines is 1. The van der Waals surface area contributed by atoms with Gasteiger partial charge in [0.2, 0.25) is 0 Å². The second kappa shape index (κ2) is 4.42. The second-order valence-electron chi connectivity index (χ2n) is 4.13. The molecule has 0 unspecified atom stereocenters. The summed E-state index contributed by atoms with van der Waals surface area (Å²) in [4.78, 5) is 17.0. The van der Waals surface area contributed by atoms with Gasteiger partial charge in [0.15, 0.2) is 0 Å². The second-order valence-corrected chi connectivity index (χ2v) is 4.13. The summed E-state index contributed by atoms with van der Waals surface area (Å²) in [6.45, 7) is 2.47. The number of carboxylic acids is 1. The van der Waals surface area contributed by atoms with Crippen LogP contribution in [-0.4, -0.2) is 28.6 Å².